The summed E-state index contributed by atoms with van der Waals surface area (Å²) in [6, 6.07) is 7.97. The highest BCUT2D eigenvalue weighted by molar-refractivity contribution is 6.30. The van der Waals surface area contributed by atoms with Gasteiger partial charge in [-0.05, 0) is 49.5 Å². The molecule has 1 heterocycles. The van der Waals surface area contributed by atoms with E-state index in [2.05, 4.69) is 39.3 Å². The van der Waals surface area contributed by atoms with E-state index in [1.54, 1.807) is 7.11 Å². The number of ether oxygens (including phenoxy) is 1. The van der Waals surface area contributed by atoms with E-state index in [4.69, 9.17) is 16.3 Å². The Hall–Kier alpha value is -1.30. The number of hydrogen-bond acceptors (Lipinski definition) is 3. The van der Waals surface area contributed by atoms with Crippen LogP contribution in [0.4, 0.5) is 0 Å². The van der Waals surface area contributed by atoms with Crippen molar-refractivity contribution in [2.45, 2.75) is 19.4 Å². The van der Waals surface area contributed by atoms with Gasteiger partial charge in [-0.2, -0.15) is 0 Å². The lowest BCUT2D eigenvalue weighted by Gasteiger charge is -2.32. The summed E-state index contributed by atoms with van der Waals surface area (Å²) in [6.07, 6.45) is 2.46. The highest BCUT2D eigenvalue weighted by atomic mass is 35.5. The monoisotopic (exact) mass is 366 g/mol. The summed E-state index contributed by atoms with van der Waals surface area (Å²) in [7, 11) is 5.67. The van der Waals surface area contributed by atoms with E-state index in [1.807, 2.05) is 19.2 Å². The predicted molar refractivity (Wildman–Crippen MR) is 105 cm³/mol. The third-order valence-corrected chi connectivity index (χ3v) is 5.03. The molecule has 0 aromatic heterocycles. The fourth-order valence-electron chi connectivity index (χ4n) is 3.19. The summed E-state index contributed by atoms with van der Waals surface area (Å²) in [5, 5.41) is 4.30. The van der Waals surface area contributed by atoms with Gasteiger partial charge < -0.3 is 19.9 Å². The zero-order chi connectivity index (χ0) is 18.1. The van der Waals surface area contributed by atoms with Gasteiger partial charge in [-0.1, -0.05) is 23.7 Å². The first kappa shape index (κ1) is 20.0. The second-order valence-corrected chi connectivity index (χ2v) is 7.12. The third kappa shape index (κ3) is 6.84. The molecule has 0 bridgehead atoms. The fourth-order valence-corrected chi connectivity index (χ4v) is 3.32. The number of hydrogen-bond donors (Lipinski definition) is 1. The van der Waals surface area contributed by atoms with Gasteiger partial charge in [-0.15, -0.1) is 0 Å². The SMILES string of the molecule is CN=C(NCC1CCN(CCOC)CC1)N(C)Cc1ccc(Cl)cc1. The Labute approximate surface area is 157 Å². The van der Waals surface area contributed by atoms with Crippen LogP contribution in [0, 0.1) is 5.92 Å². The number of aliphatic imine (C=N–C) groups is 1. The van der Waals surface area contributed by atoms with Crippen LogP contribution in [0.5, 0.6) is 0 Å². The topological polar surface area (TPSA) is 40.1 Å². The Bertz CT molecular complexity index is 527. The molecule has 1 fully saturated rings. The number of nitrogens with one attached hydrogen (secondary N) is 1. The Kier molecular flexibility index (Phi) is 8.52. The van der Waals surface area contributed by atoms with Crippen LogP contribution >= 0.6 is 11.6 Å². The van der Waals surface area contributed by atoms with Crippen molar-refractivity contribution in [3.63, 3.8) is 0 Å². The van der Waals surface area contributed by atoms with E-state index in [0.717, 1.165) is 50.3 Å². The minimum absolute atomic E-state index is 0.708. The van der Waals surface area contributed by atoms with Crippen molar-refractivity contribution in [2.24, 2.45) is 10.9 Å². The normalized spacial score (nSPS) is 16.9. The molecule has 0 radical (unpaired) electrons. The molecular formula is C19H31ClN4O. The molecule has 1 aliphatic heterocycles. The zero-order valence-electron chi connectivity index (χ0n) is 15.7. The van der Waals surface area contributed by atoms with Crippen molar-refractivity contribution in [1.82, 2.24) is 15.1 Å². The number of halogens is 1. The molecule has 0 unspecified atom stereocenters. The molecule has 25 heavy (non-hydrogen) atoms. The first-order valence-corrected chi connectivity index (χ1v) is 9.37. The van der Waals surface area contributed by atoms with E-state index >= 15 is 0 Å². The van der Waals surface area contributed by atoms with Gasteiger partial charge in [-0.3, -0.25) is 4.99 Å². The van der Waals surface area contributed by atoms with E-state index < -0.39 is 0 Å². The molecule has 6 heteroatoms. The van der Waals surface area contributed by atoms with Gasteiger partial charge in [0.05, 0.1) is 6.61 Å². The number of likely N-dealkylation sites (tertiary alicyclic amines) is 1. The molecule has 0 aliphatic carbocycles. The van der Waals surface area contributed by atoms with Gasteiger partial charge in [0, 0.05) is 45.9 Å². The Morgan fingerprint density at radius 1 is 1.32 bits per heavy atom. The van der Waals surface area contributed by atoms with Crippen molar-refractivity contribution < 1.29 is 4.74 Å². The molecule has 5 nitrogen and oxygen atoms in total. The van der Waals surface area contributed by atoms with Crippen LogP contribution in [0.15, 0.2) is 29.3 Å². The molecule has 1 N–H and O–H groups in total. The van der Waals surface area contributed by atoms with Crippen LogP contribution in [0.3, 0.4) is 0 Å². The van der Waals surface area contributed by atoms with Gasteiger partial charge in [0.15, 0.2) is 5.96 Å². The largest absolute Gasteiger partial charge is 0.383 e. The Morgan fingerprint density at radius 2 is 2.00 bits per heavy atom. The first-order chi connectivity index (χ1) is 12.1. The molecule has 1 saturated heterocycles. The summed E-state index contributed by atoms with van der Waals surface area (Å²) in [6.45, 7) is 5.99. The van der Waals surface area contributed by atoms with Crippen LogP contribution in [0.25, 0.3) is 0 Å². The van der Waals surface area contributed by atoms with E-state index in [0.29, 0.717) is 5.92 Å². The molecule has 1 aromatic rings. The minimum atomic E-state index is 0.708. The molecule has 140 valence electrons. The van der Waals surface area contributed by atoms with E-state index in [9.17, 15) is 0 Å². The van der Waals surface area contributed by atoms with Crippen molar-refractivity contribution in [3.05, 3.63) is 34.9 Å². The number of nitrogens with zero attached hydrogens (tertiary/aromatic N) is 3. The lowest BCUT2D eigenvalue weighted by Crippen LogP contribution is -2.43. The van der Waals surface area contributed by atoms with Crippen molar-refractivity contribution in [2.75, 3.05) is 54.0 Å². The molecule has 0 spiro atoms. The fraction of sp³-hybridized carbons (Fsp3) is 0.632. The maximum Gasteiger partial charge on any atom is 0.193 e. The maximum atomic E-state index is 5.95. The second kappa shape index (κ2) is 10.6. The molecule has 0 atom stereocenters. The number of guanidine groups is 1. The van der Waals surface area contributed by atoms with E-state index in [1.165, 1.54) is 18.4 Å². The highest BCUT2D eigenvalue weighted by Crippen LogP contribution is 2.16. The predicted octanol–water partition coefficient (Wildman–Crippen LogP) is 2.71. The van der Waals surface area contributed by atoms with Crippen molar-refractivity contribution in [3.8, 4) is 0 Å². The smallest absolute Gasteiger partial charge is 0.193 e. The standard InChI is InChI=1S/C19H31ClN4O/c1-21-19(23(2)15-17-4-6-18(20)7-5-17)22-14-16-8-10-24(11-9-16)12-13-25-3/h4-7,16H,8-15H2,1-3H3,(H,21,22). The van der Waals surface area contributed by atoms with Crippen LogP contribution in [-0.2, 0) is 11.3 Å². The quantitative estimate of drug-likeness (QED) is 0.595. The van der Waals surface area contributed by atoms with Gasteiger partial charge >= 0.3 is 0 Å². The molecule has 2 rings (SSSR count). The maximum absolute atomic E-state index is 5.95. The number of benzene rings is 1. The Morgan fingerprint density at radius 3 is 2.60 bits per heavy atom. The van der Waals surface area contributed by atoms with Gasteiger partial charge in [-0.25, -0.2) is 0 Å². The third-order valence-electron chi connectivity index (χ3n) is 4.77. The molecular weight excluding hydrogens is 336 g/mol. The number of rotatable bonds is 7. The summed E-state index contributed by atoms with van der Waals surface area (Å²) in [4.78, 5) is 9.06. The van der Waals surface area contributed by atoms with Gasteiger partial charge in [0.25, 0.3) is 0 Å². The van der Waals surface area contributed by atoms with Crippen LogP contribution in [-0.4, -0.2) is 69.8 Å². The van der Waals surface area contributed by atoms with Gasteiger partial charge in [0.2, 0.25) is 0 Å². The molecule has 0 saturated carbocycles. The number of methoxy groups -OCH3 is 1. The van der Waals surface area contributed by atoms with E-state index in [-0.39, 0.29) is 0 Å². The summed E-state index contributed by atoms with van der Waals surface area (Å²) in [5.74, 6) is 1.65. The Balaban J connectivity index is 1.74. The summed E-state index contributed by atoms with van der Waals surface area (Å²) in [5.41, 5.74) is 1.22. The second-order valence-electron chi connectivity index (χ2n) is 6.69. The first-order valence-electron chi connectivity index (χ1n) is 9.00. The van der Waals surface area contributed by atoms with Crippen LogP contribution < -0.4 is 5.32 Å². The lowest BCUT2D eigenvalue weighted by atomic mass is 9.97. The molecule has 1 aromatic carbocycles. The number of piperidine rings is 1. The average Bonchev–Trinajstić information content (AvgIpc) is 2.63. The zero-order valence-corrected chi connectivity index (χ0v) is 16.4. The summed E-state index contributed by atoms with van der Waals surface area (Å²) >= 11 is 5.95. The molecule has 0 amide bonds. The average molecular weight is 367 g/mol. The molecule has 1 aliphatic rings. The van der Waals surface area contributed by atoms with Crippen LogP contribution in [0.2, 0.25) is 5.02 Å². The van der Waals surface area contributed by atoms with Crippen molar-refractivity contribution >= 4 is 17.6 Å². The van der Waals surface area contributed by atoms with Gasteiger partial charge in [0.1, 0.15) is 0 Å². The summed E-state index contributed by atoms with van der Waals surface area (Å²) < 4.78 is 5.16. The van der Waals surface area contributed by atoms with Crippen molar-refractivity contribution in [1.29, 1.82) is 0 Å². The minimum Gasteiger partial charge on any atom is -0.383 e. The lowest BCUT2D eigenvalue weighted by molar-refractivity contribution is 0.120. The van der Waals surface area contributed by atoms with Crippen LogP contribution in [0.1, 0.15) is 18.4 Å². The highest BCUT2D eigenvalue weighted by Gasteiger charge is 2.19.